The summed E-state index contributed by atoms with van der Waals surface area (Å²) in [6.45, 7) is 1.22. The number of aliphatic hydroxyl groups excluding tert-OH is 1. The molecule has 6 nitrogen and oxygen atoms in total. The number of hydrogen-bond acceptors (Lipinski definition) is 5. The average molecular weight is 251 g/mol. The van der Waals surface area contributed by atoms with Crippen LogP contribution in [0.5, 0.6) is 0 Å². The second-order valence-electron chi connectivity index (χ2n) is 5.20. The molecule has 18 heavy (non-hydrogen) atoms. The van der Waals surface area contributed by atoms with E-state index in [1.807, 2.05) is 4.90 Å². The fraction of sp³-hybridized carbons (Fsp3) is 0.667. The van der Waals surface area contributed by atoms with E-state index in [9.17, 15) is 9.90 Å². The molecule has 98 valence electrons. The van der Waals surface area contributed by atoms with E-state index < -0.39 is 6.10 Å². The normalized spacial score (nSPS) is 31.4. The molecule has 3 rings (SSSR count). The Bertz CT molecular complexity index is 449. The second-order valence-corrected chi connectivity index (χ2v) is 5.20. The number of rotatable bonds is 1. The highest BCUT2D eigenvalue weighted by atomic mass is 16.5. The largest absolute Gasteiger partial charge is 0.391 e. The SMILES string of the molecule is N[C@H]1C[C@H](C(=O)N2CCc3nocc3C2)C[C@@H]1O. The van der Waals surface area contributed by atoms with E-state index in [2.05, 4.69) is 5.16 Å². The fourth-order valence-electron chi connectivity index (χ4n) is 2.84. The molecule has 1 aliphatic carbocycles. The lowest BCUT2D eigenvalue weighted by Crippen LogP contribution is -2.39. The first-order valence-electron chi connectivity index (χ1n) is 6.29. The Balaban J connectivity index is 1.68. The van der Waals surface area contributed by atoms with Crippen molar-refractivity contribution in [3.8, 4) is 0 Å². The summed E-state index contributed by atoms with van der Waals surface area (Å²) in [5.41, 5.74) is 7.68. The van der Waals surface area contributed by atoms with Crippen molar-refractivity contribution in [3.63, 3.8) is 0 Å². The van der Waals surface area contributed by atoms with Gasteiger partial charge in [-0.05, 0) is 12.8 Å². The van der Waals surface area contributed by atoms with E-state index >= 15 is 0 Å². The second kappa shape index (κ2) is 4.37. The van der Waals surface area contributed by atoms with Crippen molar-refractivity contribution >= 4 is 5.91 Å². The maximum atomic E-state index is 12.3. The van der Waals surface area contributed by atoms with Gasteiger partial charge in [-0.1, -0.05) is 5.16 Å². The highest BCUT2D eigenvalue weighted by Crippen LogP contribution is 2.28. The lowest BCUT2D eigenvalue weighted by atomic mass is 10.0. The third-order valence-corrected chi connectivity index (χ3v) is 3.95. The molecule has 0 aromatic carbocycles. The summed E-state index contributed by atoms with van der Waals surface area (Å²) in [6, 6.07) is -0.269. The first-order valence-corrected chi connectivity index (χ1v) is 6.29. The van der Waals surface area contributed by atoms with E-state index in [4.69, 9.17) is 10.3 Å². The molecule has 0 bridgehead atoms. The molecule has 2 aliphatic rings. The third-order valence-electron chi connectivity index (χ3n) is 3.95. The molecule has 1 fully saturated rings. The number of carbonyl (C=O) groups is 1. The van der Waals surface area contributed by atoms with Crippen molar-refractivity contribution in [1.29, 1.82) is 0 Å². The predicted molar refractivity (Wildman–Crippen MR) is 62.3 cm³/mol. The zero-order valence-corrected chi connectivity index (χ0v) is 10.1. The van der Waals surface area contributed by atoms with Crippen LogP contribution in [0.3, 0.4) is 0 Å². The van der Waals surface area contributed by atoms with E-state index in [0.717, 1.165) is 17.7 Å². The van der Waals surface area contributed by atoms with Gasteiger partial charge in [-0.15, -0.1) is 0 Å². The molecule has 0 radical (unpaired) electrons. The molecule has 1 aliphatic heterocycles. The van der Waals surface area contributed by atoms with E-state index in [0.29, 0.717) is 25.9 Å². The molecule has 1 aromatic rings. The fourth-order valence-corrected chi connectivity index (χ4v) is 2.84. The number of fused-ring (bicyclic) bond motifs is 1. The standard InChI is InChI=1S/C12H17N3O3/c13-9-3-7(4-11(9)16)12(17)15-2-1-10-8(5-15)6-18-14-10/h6-7,9,11,16H,1-5,13H2/t7-,9-,11-/m0/s1. The summed E-state index contributed by atoms with van der Waals surface area (Å²) >= 11 is 0. The number of aromatic nitrogens is 1. The van der Waals surface area contributed by atoms with Crippen LogP contribution in [0.15, 0.2) is 10.8 Å². The highest BCUT2D eigenvalue weighted by Gasteiger charge is 2.37. The van der Waals surface area contributed by atoms with Gasteiger partial charge in [0.1, 0.15) is 6.26 Å². The van der Waals surface area contributed by atoms with Crippen molar-refractivity contribution in [1.82, 2.24) is 10.1 Å². The number of amides is 1. The van der Waals surface area contributed by atoms with Crippen LogP contribution in [0.25, 0.3) is 0 Å². The van der Waals surface area contributed by atoms with Gasteiger partial charge in [0.15, 0.2) is 0 Å². The van der Waals surface area contributed by atoms with Gasteiger partial charge < -0.3 is 20.3 Å². The monoisotopic (exact) mass is 251 g/mol. The van der Waals surface area contributed by atoms with Gasteiger partial charge in [-0.3, -0.25) is 4.79 Å². The first-order chi connectivity index (χ1) is 8.65. The molecule has 1 amide bonds. The minimum Gasteiger partial charge on any atom is -0.391 e. The van der Waals surface area contributed by atoms with Crippen molar-refractivity contribution in [2.45, 2.75) is 38.0 Å². The topological polar surface area (TPSA) is 92.6 Å². The number of carbonyl (C=O) groups excluding carboxylic acids is 1. The smallest absolute Gasteiger partial charge is 0.226 e. The van der Waals surface area contributed by atoms with Crippen LogP contribution in [0, 0.1) is 5.92 Å². The average Bonchev–Trinajstić information content (AvgIpc) is 2.95. The van der Waals surface area contributed by atoms with Crippen LogP contribution in [0.4, 0.5) is 0 Å². The van der Waals surface area contributed by atoms with Crippen LogP contribution >= 0.6 is 0 Å². The number of aliphatic hydroxyl groups is 1. The maximum absolute atomic E-state index is 12.3. The minimum atomic E-state index is -0.546. The van der Waals surface area contributed by atoms with Gasteiger partial charge >= 0.3 is 0 Å². The van der Waals surface area contributed by atoms with Gasteiger partial charge in [0, 0.05) is 30.5 Å². The summed E-state index contributed by atoms with van der Waals surface area (Å²) in [5.74, 6) is -0.0507. The summed E-state index contributed by atoms with van der Waals surface area (Å²) in [7, 11) is 0. The maximum Gasteiger partial charge on any atom is 0.226 e. The first kappa shape index (κ1) is 11.7. The van der Waals surface area contributed by atoms with Crippen LogP contribution in [-0.4, -0.2) is 39.8 Å². The van der Waals surface area contributed by atoms with Crippen molar-refractivity contribution in [2.75, 3.05) is 6.54 Å². The van der Waals surface area contributed by atoms with Crippen molar-refractivity contribution in [3.05, 3.63) is 17.5 Å². The minimum absolute atomic E-state index is 0.0915. The quantitative estimate of drug-likeness (QED) is 0.712. The summed E-state index contributed by atoms with van der Waals surface area (Å²) in [6.07, 6.45) is 2.85. The predicted octanol–water partition coefficient (Wildman–Crippen LogP) is -0.343. The van der Waals surface area contributed by atoms with Gasteiger partial charge in [0.05, 0.1) is 18.3 Å². The zero-order valence-electron chi connectivity index (χ0n) is 10.1. The lowest BCUT2D eigenvalue weighted by molar-refractivity contribution is -0.136. The molecule has 1 saturated carbocycles. The van der Waals surface area contributed by atoms with Crippen LogP contribution < -0.4 is 5.73 Å². The molecule has 0 saturated heterocycles. The number of nitrogens with zero attached hydrogens (tertiary/aromatic N) is 2. The summed E-state index contributed by atoms with van der Waals surface area (Å²) in [4.78, 5) is 14.1. The Morgan fingerprint density at radius 1 is 1.56 bits per heavy atom. The lowest BCUT2D eigenvalue weighted by Gasteiger charge is -2.28. The molecule has 0 unspecified atom stereocenters. The Kier molecular flexibility index (Phi) is 2.83. The van der Waals surface area contributed by atoms with Crippen LogP contribution in [0.2, 0.25) is 0 Å². The van der Waals surface area contributed by atoms with E-state index in [1.54, 1.807) is 6.26 Å². The Morgan fingerprint density at radius 3 is 3.11 bits per heavy atom. The van der Waals surface area contributed by atoms with Gasteiger partial charge in [0.25, 0.3) is 0 Å². The molecular formula is C12H17N3O3. The van der Waals surface area contributed by atoms with Crippen LogP contribution in [-0.2, 0) is 17.8 Å². The molecule has 3 atom stereocenters. The van der Waals surface area contributed by atoms with E-state index in [1.165, 1.54) is 0 Å². The molecule has 2 heterocycles. The number of nitrogens with two attached hydrogens (primary N) is 1. The molecule has 0 spiro atoms. The highest BCUT2D eigenvalue weighted by molar-refractivity contribution is 5.79. The Hall–Kier alpha value is -1.40. The molecule has 6 heteroatoms. The Labute approximate surface area is 105 Å². The molecule has 3 N–H and O–H groups in total. The summed E-state index contributed by atoms with van der Waals surface area (Å²) in [5, 5.41) is 13.5. The zero-order chi connectivity index (χ0) is 12.7. The van der Waals surface area contributed by atoms with Crippen LogP contribution in [0.1, 0.15) is 24.1 Å². The third kappa shape index (κ3) is 1.91. The van der Waals surface area contributed by atoms with Gasteiger partial charge in [0.2, 0.25) is 5.91 Å². The van der Waals surface area contributed by atoms with E-state index in [-0.39, 0.29) is 17.9 Å². The van der Waals surface area contributed by atoms with Gasteiger partial charge in [-0.2, -0.15) is 0 Å². The van der Waals surface area contributed by atoms with Crippen molar-refractivity contribution < 1.29 is 14.4 Å². The van der Waals surface area contributed by atoms with Gasteiger partial charge in [-0.25, -0.2) is 0 Å². The summed E-state index contributed by atoms with van der Waals surface area (Å²) < 4.78 is 4.91. The molecular weight excluding hydrogens is 234 g/mol. The Morgan fingerprint density at radius 2 is 2.39 bits per heavy atom. The molecule has 1 aromatic heterocycles. The number of hydrogen-bond donors (Lipinski definition) is 2. The van der Waals surface area contributed by atoms with Crippen molar-refractivity contribution in [2.24, 2.45) is 11.7 Å².